The highest BCUT2D eigenvalue weighted by molar-refractivity contribution is 5.97. The lowest BCUT2D eigenvalue weighted by atomic mass is 10.2. The van der Waals surface area contributed by atoms with Gasteiger partial charge in [-0.05, 0) is 25.5 Å². The first-order chi connectivity index (χ1) is 10.3. The monoisotopic (exact) mass is 292 g/mol. The highest BCUT2D eigenvalue weighted by Gasteiger charge is 2.13. The van der Waals surface area contributed by atoms with E-state index in [2.05, 4.69) is 20.5 Å². The number of rotatable bonds is 6. The predicted octanol–water partition coefficient (Wildman–Crippen LogP) is 0.965. The molecule has 1 aromatic rings. The number of anilines is 1. The van der Waals surface area contributed by atoms with E-state index >= 15 is 0 Å². The molecule has 1 fully saturated rings. The second-order valence-corrected chi connectivity index (χ2v) is 4.99. The molecule has 2 heterocycles. The van der Waals surface area contributed by atoms with Crippen LogP contribution in [0.25, 0.3) is 0 Å². The van der Waals surface area contributed by atoms with Crippen molar-refractivity contribution in [2.45, 2.75) is 13.3 Å². The molecule has 0 bridgehead atoms. The molecule has 6 nitrogen and oxygen atoms in total. The molecule has 0 unspecified atom stereocenters. The number of aromatic nitrogens is 1. The number of pyridine rings is 1. The number of amides is 1. The van der Waals surface area contributed by atoms with Gasteiger partial charge in [-0.25, -0.2) is 4.98 Å². The molecule has 6 heteroatoms. The summed E-state index contributed by atoms with van der Waals surface area (Å²) in [6.07, 6.45) is 2.70. The topological polar surface area (TPSA) is 66.5 Å². The Bertz CT molecular complexity index is 445. The van der Waals surface area contributed by atoms with Crippen LogP contribution in [0.5, 0.6) is 0 Å². The maximum absolute atomic E-state index is 12.2. The summed E-state index contributed by atoms with van der Waals surface area (Å²) < 4.78 is 5.42. The van der Waals surface area contributed by atoms with Gasteiger partial charge in [-0.2, -0.15) is 0 Å². The minimum atomic E-state index is -0.127. The standard InChI is InChI=1S/C15H24N4O2/c1-2-16-13-5-3-6-17-14(13)15(20)18-7-9-19-8-4-11-21-12-10-19/h3,5-6,16H,2,4,7-12H2,1H3,(H,18,20). The number of hydrogen-bond acceptors (Lipinski definition) is 5. The summed E-state index contributed by atoms with van der Waals surface area (Å²) in [5.41, 5.74) is 1.24. The van der Waals surface area contributed by atoms with Crippen LogP contribution < -0.4 is 10.6 Å². The Labute approximate surface area is 125 Å². The third-order valence-corrected chi connectivity index (χ3v) is 3.42. The van der Waals surface area contributed by atoms with E-state index in [1.54, 1.807) is 6.20 Å². The molecule has 116 valence electrons. The van der Waals surface area contributed by atoms with E-state index in [0.717, 1.165) is 51.5 Å². The lowest BCUT2D eigenvalue weighted by Crippen LogP contribution is -2.36. The van der Waals surface area contributed by atoms with Gasteiger partial charge in [0.1, 0.15) is 0 Å². The van der Waals surface area contributed by atoms with Crippen molar-refractivity contribution in [3.8, 4) is 0 Å². The first-order valence-corrected chi connectivity index (χ1v) is 7.58. The van der Waals surface area contributed by atoms with Crippen molar-refractivity contribution in [3.05, 3.63) is 24.0 Å². The molecule has 0 saturated carbocycles. The zero-order chi connectivity index (χ0) is 14.9. The highest BCUT2D eigenvalue weighted by atomic mass is 16.5. The summed E-state index contributed by atoms with van der Waals surface area (Å²) in [6.45, 7) is 7.81. The Morgan fingerprint density at radius 3 is 3.19 bits per heavy atom. The van der Waals surface area contributed by atoms with Gasteiger partial charge >= 0.3 is 0 Å². The summed E-state index contributed by atoms with van der Waals surface area (Å²) in [5, 5.41) is 6.10. The second-order valence-electron chi connectivity index (χ2n) is 4.99. The van der Waals surface area contributed by atoms with Crippen LogP contribution in [0.2, 0.25) is 0 Å². The van der Waals surface area contributed by atoms with Crippen molar-refractivity contribution in [1.82, 2.24) is 15.2 Å². The molecule has 1 amide bonds. The Morgan fingerprint density at radius 1 is 1.43 bits per heavy atom. The molecule has 0 aliphatic carbocycles. The van der Waals surface area contributed by atoms with Gasteiger partial charge in [0.05, 0.1) is 12.3 Å². The van der Waals surface area contributed by atoms with Crippen LogP contribution in [-0.2, 0) is 4.74 Å². The number of carbonyl (C=O) groups excluding carboxylic acids is 1. The summed E-state index contributed by atoms with van der Waals surface area (Å²) in [7, 11) is 0. The molecule has 21 heavy (non-hydrogen) atoms. The zero-order valence-electron chi connectivity index (χ0n) is 12.6. The van der Waals surface area contributed by atoms with Crippen molar-refractivity contribution >= 4 is 11.6 Å². The normalized spacial score (nSPS) is 16.2. The minimum absolute atomic E-state index is 0.127. The highest BCUT2D eigenvalue weighted by Crippen LogP contribution is 2.11. The maximum atomic E-state index is 12.2. The van der Waals surface area contributed by atoms with Crippen LogP contribution in [0.15, 0.2) is 18.3 Å². The van der Waals surface area contributed by atoms with E-state index in [1.165, 1.54) is 0 Å². The van der Waals surface area contributed by atoms with E-state index in [1.807, 2.05) is 19.1 Å². The molecule has 2 N–H and O–H groups in total. The second kappa shape index (κ2) is 8.59. The third-order valence-electron chi connectivity index (χ3n) is 3.42. The first kappa shape index (κ1) is 15.7. The summed E-state index contributed by atoms with van der Waals surface area (Å²) >= 11 is 0. The number of carbonyl (C=O) groups is 1. The largest absolute Gasteiger partial charge is 0.383 e. The number of nitrogens with zero attached hydrogens (tertiary/aromatic N) is 2. The minimum Gasteiger partial charge on any atom is -0.383 e. The van der Waals surface area contributed by atoms with Crippen molar-refractivity contribution < 1.29 is 9.53 Å². The van der Waals surface area contributed by atoms with Gasteiger partial charge in [0.2, 0.25) is 0 Å². The molecule has 1 saturated heterocycles. The van der Waals surface area contributed by atoms with Crippen LogP contribution >= 0.6 is 0 Å². The molecule has 2 rings (SSSR count). The van der Waals surface area contributed by atoms with Crippen LogP contribution in [0.3, 0.4) is 0 Å². The average Bonchev–Trinajstić information content (AvgIpc) is 2.77. The summed E-state index contributed by atoms with van der Waals surface area (Å²) in [6, 6.07) is 3.70. The molecule has 0 aromatic carbocycles. The number of ether oxygens (including phenoxy) is 1. The Kier molecular flexibility index (Phi) is 6.43. The van der Waals surface area contributed by atoms with Gasteiger partial charge in [-0.15, -0.1) is 0 Å². The molecular weight excluding hydrogens is 268 g/mol. The molecular formula is C15H24N4O2. The lowest BCUT2D eigenvalue weighted by Gasteiger charge is -2.19. The first-order valence-electron chi connectivity index (χ1n) is 7.58. The van der Waals surface area contributed by atoms with Crippen molar-refractivity contribution in [3.63, 3.8) is 0 Å². The SMILES string of the molecule is CCNc1cccnc1C(=O)NCCN1CCCOCC1. The molecule has 1 aliphatic rings. The van der Waals surface area contributed by atoms with Crippen LogP contribution in [0.1, 0.15) is 23.8 Å². The van der Waals surface area contributed by atoms with Crippen LogP contribution in [-0.4, -0.2) is 61.7 Å². The molecule has 1 aliphatic heterocycles. The molecule has 0 atom stereocenters. The smallest absolute Gasteiger partial charge is 0.272 e. The Hall–Kier alpha value is -1.66. The maximum Gasteiger partial charge on any atom is 0.272 e. The quantitative estimate of drug-likeness (QED) is 0.818. The van der Waals surface area contributed by atoms with Crippen molar-refractivity contribution in [2.24, 2.45) is 0 Å². The van der Waals surface area contributed by atoms with Gasteiger partial charge in [0, 0.05) is 45.5 Å². The molecule has 0 spiro atoms. The van der Waals surface area contributed by atoms with Crippen molar-refractivity contribution in [1.29, 1.82) is 0 Å². The van der Waals surface area contributed by atoms with E-state index in [4.69, 9.17) is 4.74 Å². The fraction of sp³-hybridized carbons (Fsp3) is 0.600. The molecule has 1 aromatic heterocycles. The fourth-order valence-electron chi connectivity index (χ4n) is 2.35. The van der Waals surface area contributed by atoms with Gasteiger partial charge in [0.25, 0.3) is 5.91 Å². The van der Waals surface area contributed by atoms with Gasteiger partial charge in [-0.3, -0.25) is 9.69 Å². The van der Waals surface area contributed by atoms with E-state index in [9.17, 15) is 4.79 Å². The average molecular weight is 292 g/mol. The zero-order valence-corrected chi connectivity index (χ0v) is 12.6. The van der Waals surface area contributed by atoms with Gasteiger partial charge in [-0.1, -0.05) is 0 Å². The third kappa shape index (κ3) is 4.99. The van der Waals surface area contributed by atoms with Crippen LogP contribution in [0.4, 0.5) is 5.69 Å². The summed E-state index contributed by atoms with van der Waals surface area (Å²) in [4.78, 5) is 18.7. The van der Waals surface area contributed by atoms with E-state index in [-0.39, 0.29) is 5.91 Å². The van der Waals surface area contributed by atoms with Crippen LogP contribution in [0, 0.1) is 0 Å². The van der Waals surface area contributed by atoms with E-state index in [0.29, 0.717) is 12.2 Å². The Balaban J connectivity index is 1.81. The lowest BCUT2D eigenvalue weighted by molar-refractivity contribution is 0.0943. The van der Waals surface area contributed by atoms with Gasteiger partial charge < -0.3 is 15.4 Å². The predicted molar refractivity (Wildman–Crippen MR) is 82.6 cm³/mol. The molecule has 0 radical (unpaired) electrons. The number of hydrogen-bond donors (Lipinski definition) is 2. The Morgan fingerprint density at radius 2 is 2.33 bits per heavy atom. The van der Waals surface area contributed by atoms with Crippen molar-refractivity contribution in [2.75, 3.05) is 51.3 Å². The number of nitrogens with one attached hydrogen (secondary N) is 2. The summed E-state index contributed by atoms with van der Waals surface area (Å²) in [5.74, 6) is -0.127. The van der Waals surface area contributed by atoms with Gasteiger partial charge in [0.15, 0.2) is 5.69 Å². The van der Waals surface area contributed by atoms with E-state index < -0.39 is 0 Å². The fourth-order valence-corrected chi connectivity index (χ4v) is 2.35.